The molecule has 0 bridgehead atoms. The van der Waals surface area contributed by atoms with Gasteiger partial charge in [-0.05, 0) is 55.0 Å². The van der Waals surface area contributed by atoms with Crippen LogP contribution in [0.2, 0.25) is 0 Å². The molecule has 0 spiro atoms. The SMILES string of the molecule is O=C(Nc1cccc(N2CCCN(Cc3cc(F)ccc3F)C2=O)c1)c1ccccc1. The van der Waals surface area contributed by atoms with E-state index >= 15 is 0 Å². The maximum Gasteiger partial charge on any atom is 0.324 e. The summed E-state index contributed by atoms with van der Waals surface area (Å²) in [7, 11) is 0. The number of benzene rings is 3. The van der Waals surface area contributed by atoms with E-state index in [9.17, 15) is 18.4 Å². The fourth-order valence-corrected chi connectivity index (χ4v) is 3.58. The summed E-state index contributed by atoms with van der Waals surface area (Å²) in [5, 5.41) is 2.84. The third-order valence-electron chi connectivity index (χ3n) is 5.13. The molecule has 1 aliphatic rings. The van der Waals surface area contributed by atoms with Crippen LogP contribution in [0.4, 0.5) is 25.0 Å². The first-order valence-electron chi connectivity index (χ1n) is 9.98. The molecule has 0 unspecified atom stereocenters. The van der Waals surface area contributed by atoms with Gasteiger partial charge in [0.25, 0.3) is 5.91 Å². The molecule has 1 aliphatic heterocycles. The minimum atomic E-state index is -0.544. The maximum absolute atomic E-state index is 14.0. The summed E-state index contributed by atoms with van der Waals surface area (Å²) in [5.41, 5.74) is 1.86. The van der Waals surface area contributed by atoms with Crippen molar-refractivity contribution in [2.24, 2.45) is 0 Å². The average molecular weight is 421 g/mol. The number of carbonyl (C=O) groups is 2. The lowest BCUT2D eigenvalue weighted by molar-refractivity contribution is 0.102. The molecule has 3 aromatic carbocycles. The number of hydrogen-bond acceptors (Lipinski definition) is 2. The lowest BCUT2D eigenvalue weighted by Gasteiger charge is -2.36. The molecule has 7 heteroatoms. The molecule has 31 heavy (non-hydrogen) atoms. The van der Waals surface area contributed by atoms with Gasteiger partial charge in [0.15, 0.2) is 0 Å². The van der Waals surface area contributed by atoms with Crippen LogP contribution in [-0.4, -0.2) is 29.9 Å². The van der Waals surface area contributed by atoms with Gasteiger partial charge >= 0.3 is 6.03 Å². The molecule has 0 atom stereocenters. The van der Waals surface area contributed by atoms with E-state index in [4.69, 9.17) is 0 Å². The number of anilines is 2. The lowest BCUT2D eigenvalue weighted by Crippen LogP contribution is -2.49. The monoisotopic (exact) mass is 421 g/mol. The standard InChI is InChI=1S/C24H21F2N3O2/c25-19-10-11-22(26)18(14-19)16-28-12-5-13-29(24(28)31)21-9-4-8-20(15-21)27-23(30)17-6-2-1-3-7-17/h1-4,6-11,14-15H,5,12-13,16H2,(H,27,30). The number of nitrogens with zero attached hydrogens (tertiary/aromatic N) is 2. The summed E-state index contributed by atoms with van der Waals surface area (Å²) in [4.78, 5) is 28.5. The Bertz CT molecular complexity index is 1100. The van der Waals surface area contributed by atoms with E-state index in [-0.39, 0.29) is 24.0 Å². The summed E-state index contributed by atoms with van der Waals surface area (Å²) in [6.45, 7) is 0.941. The predicted octanol–water partition coefficient (Wildman–Crippen LogP) is 5.05. The second-order valence-electron chi connectivity index (χ2n) is 7.32. The first-order chi connectivity index (χ1) is 15.0. The van der Waals surface area contributed by atoms with Gasteiger partial charge in [-0.25, -0.2) is 13.6 Å². The van der Waals surface area contributed by atoms with Crippen molar-refractivity contribution in [3.8, 4) is 0 Å². The van der Waals surface area contributed by atoms with E-state index in [0.29, 0.717) is 36.4 Å². The van der Waals surface area contributed by atoms with Crippen LogP contribution in [0.5, 0.6) is 0 Å². The van der Waals surface area contributed by atoms with E-state index in [2.05, 4.69) is 5.32 Å². The topological polar surface area (TPSA) is 52.7 Å². The Morgan fingerprint density at radius 1 is 0.935 bits per heavy atom. The average Bonchev–Trinajstić information content (AvgIpc) is 2.78. The molecule has 3 aromatic rings. The summed E-state index contributed by atoms with van der Waals surface area (Å²) >= 11 is 0. The summed E-state index contributed by atoms with van der Waals surface area (Å²) < 4.78 is 27.5. The van der Waals surface area contributed by atoms with Crippen molar-refractivity contribution in [1.82, 2.24) is 4.90 Å². The van der Waals surface area contributed by atoms with Gasteiger partial charge in [-0.15, -0.1) is 0 Å². The van der Waals surface area contributed by atoms with E-state index < -0.39 is 11.6 Å². The van der Waals surface area contributed by atoms with E-state index in [1.165, 1.54) is 4.90 Å². The second-order valence-corrected chi connectivity index (χ2v) is 7.32. The van der Waals surface area contributed by atoms with Crippen molar-refractivity contribution >= 4 is 23.3 Å². The third-order valence-corrected chi connectivity index (χ3v) is 5.13. The van der Waals surface area contributed by atoms with Crippen LogP contribution >= 0.6 is 0 Å². The third kappa shape index (κ3) is 4.71. The Labute approximate surface area is 178 Å². The Balaban J connectivity index is 1.50. The van der Waals surface area contributed by atoms with Crippen molar-refractivity contribution in [1.29, 1.82) is 0 Å². The van der Waals surface area contributed by atoms with E-state index in [1.807, 2.05) is 6.07 Å². The number of carbonyl (C=O) groups excluding carboxylic acids is 2. The predicted molar refractivity (Wildman–Crippen MR) is 115 cm³/mol. The van der Waals surface area contributed by atoms with Crippen LogP contribution in [0, 0.1) is 11.6 Å². The van der Waals surface area contributed by atoms with Crippen LogP contribution in [0.1, 0.15) is 22.3 Å². The highest BCUT2D eigenvalue weighted by molar-refractivity contribution is 6.04. The highest BCUT2D eigenvalue weighted by Crippen LogP contribution is 2.25. The molecule has 0 radical (unpaired) electrons. The first kappa shape index (κ1) is 20.5. The highest BCUT2D eigenvalue weighted by Gasteiger charge is 2.27. The summed E-state index contributed by atoms with van der Waals surface area (Å²) in [6, 6.07) is 18.8. The first-order valence-corrected chi connectivity index (χ1v) is 9.98. The Hall–Kier alpha value is -3.74. The number of nitrogens with one attached hydrogen (secondary N) is 1. The van der Waals surface area contributed by atoms with Crippen LogP contribution < -0.4 is 10.2 Å². The second kappa shape index (κ2) is 8.95. The molecule has 158 valence electrons. The molecule has 1 heterocycles. The number of hydrogen-bond donors (Lipinski definition) is 1. The van der Waals surface area contributed by atoms with Crippen LogP contribution in [-0.2, 0) is 6.54 Å². The zero-order valence-electron chi connectivity index (χ0n) is 16.7. The molecule has 3 amide bonds. The van der Waals surface area contributed by atoms with Gasteiger partial charge in [0.05, 0.1) is 6.54 Å². The number of rotatable bonds is 5. The van der Waals surface area contributed by atoms with Gasteiger partial charge in [-0.3, -0.25) is 9.69 Å². The molecule has 0 aromatic heterocycles. The van der Waals surface area contributed by atoms with Gasteiger partial charge in [-0.1, -0.05) is 24.3 Å². The zero-order valence-corrected chi connectivity index (χ0v) is 16.7. The minimum absolute atomic E-state index is 0.0106. The van der Waals surface area contributed by atoms with Gasteiger partial charge < -0.3 is 10.2 Å². The van der Waals surface area contributed by atoms with Crippen molar-refractivity contribution in [3.05, 3.63) is 95.6 Å². The molecular weight excluding hydrogens is 400 g/mol. The molecule has 1 fully saturated rings. The normalized spacial score (nSPS) is 13.9. The quantitative estimate of drug-likeness (QED) is 0.627. The molecule has 0 aliphatic carbocycles. The minimum Gasteiger partial charge on any atom is -0.322 e. The summed E-state index contributed by atoms with van der Waals surface area (Å²) in [6.07, 6.45) is 0.684. The molecule has 4 rings (SSSR count). The van der Waals surface area contributed by atoms with Gasteiger partial charge in [0, 0.05) is 35.6 Å². The van der Waals surface area contributed by atoms with Gasteiger partial charge in [0.1, 0.15) is 11.6 Å². The molecule has 5 nitrogen and oxygen atoms in total. The van der Waals surface area contributed by atoms with Crippen molar-refractivity contribution in [2.75, 3.05) is 23.3 Å². The van der Waals surface area contributed by atoms with Gasteiger partial charge in [-0.2, -0.15) is 0 Å². The molecule has 1 saturated heterocycles. The molecular formula is C24H21F2N3O2. The molecule has 0 saturated carbocycles. The highest BCUT2D eigenvalue weighted by atomic mass is 19.1. The Morgan fingerprint density at radius 3 is 2.55 bits per heavy atom. The fourth-order valence-electron chi connectivity index (χ4n) is 3.58. The number of amides is 3. The smallest absolute Gasteiger partial charge is 0.322 e. The largest absolute Gasteiger partial charge is 0.324 e. The van der Waals surface area contributed by atoms with Gasteiger partial charge in [0.2, 0.25) is 0 Å². The van der Waals surface area contributed by atoms with Crippen molar-refractivity contribution < 1.29 is 18.4 Å². The van der Waals surface area contributed by atoms with Crippen LogP contribution in [0.3, 0.4) is 0 Å². The van der Waals surface area contributed by atoms with E-state index in [1.54, 1.807) is 53.4 Å². The number of halogens is 2. The molecule has 1 N–H and O–H groups in total. The Morgan fingerprint density at radius 2 is 1.74 bits per heavy atom. The Kier molecular flexibility index (Phi) is 5.93. The van der Waals surface area contributed by atoms with Crippen LogP contribution in [0.25, 0.3) is 0 Å². The number of urea groups is 1. The van der Waals surface area contributed by atoms with Crippen LogP contribution in [0.15, 0.2) is 72.8 Å². The van der Waals surface area contributed by atoms with E-state index in [0.717, 1.165) is 18.2 Å². The lowest BCUT2D eigenvalue weighted by atomic mass is 10.1. The maximum atomic E-state index is 14.0. The van der Waals surface area contributed by atoms with Crippen molar-refractivity contribution in [3.63, 3.8) is 0 Å². The summed E-state index contributed by atoms with van der Waals surface area (Å²) in [5.74, 6) is -1.33. The van der Waals surface area contributed by atoms with Crippen molar-refractivity contribution in [2.45, 2.75) is 13.0 Å². The fraction of sp³-hybridized carbons (Fsp3) is 0.167. The zero-order chi connectivity index (χ0) is 21.8.